The number of rotatable bonds is 4. The van der Waals surface area contributed by atoms with Gasteiger partial charge in [0.25, 0.3) is 0 Å². The molecule has 0 spiro atoms. The summed E-state index contributed by atoms with van der Waals surface area (Å²) in [7, 11) is 0. The number of nitrogens with zero attached hydrogens (tertiary/aromatic N) is 2. The van der Waals surface area contributed by atoms with Crippen LogP contribution in [0.15, 0.2) is 42.5 Å². The van der Waals surface area contributed by atoms with Gasteiger partial charge in [-0.15, -0.1) is 0 Å². The monoisotopic (exact) mass is 414 g/mol. The van der Waals surface area contributed by atoms with Crippen LogP contribution >= 0.6 is 11.6 Å². The quantitative estimate of drug-likeness (QED) is 0.703. The van der Waals surface area contributed by atoms with E-state index in [9.17, 15) is 4.79 Å². The van der Waals surface area contributed by atoms with Crippen LogP contribution in [0.25, 0.3) is 0 Å². The number of anilines is 1. The second-order valence-corrected chi connectivity index (χ2v) is 8.95. The topological polar surface area (TPSA) is 42.0 Å². The van der Waals surface area contributed by atoms with Crippen LogP contribution in [-0.2, 0) is 0 Å². The molecule has 1 saturated heterocycles. The summed E-state index contributed by atoms with van der Waals surface area (Å²) >= 11 is 6.31. The normalized spacial score (nSPS) is 18.9. The van der Waals surface area contributed by atoms with Gasteiger partial charge in [0.1, 0.15) is 0 Å². The van der Waals surface area contributed by atoms with E-state index in [4.69, 9.17) is 21.1 Å². The second-order valence-electron chi connectivity index (χ2n) is 8.54. The summed E-state index contributed by atoms with van der Waals surface area (Å²) in [6.07, 6.45) is 0. The zero-order chi connectivity index (χ0) is 20.4. The molecule has 0 aromatic heterocycles. The minimum absolute atomic E-state index is 0.0511. The number of fused-ring (bicyclic) bond motifs is 1. The fourth-order valence-corrected chi connectivity index (χ4v) is 3.91. The molecule has 2 heterocycles. The van der Waals surface area contributed by atoms with Crippen LogP contribution in [0.2, 0.25) is 5.02 Å². The number of carbonyl (C=O) groups is 1. The standard InChI is InChI=1S/C23H27ClN2O3/c1-23(2)15-28-21-8-7-17(13-22(21)29-16-23)20(27)14-25-9-11-26(12-10-25)19-6-4-3-5-18(19)24/h3-8,13H,9-12,14-16H2,1-2H3. The van der Waals surface area contributed by atoms with Gasteiger partial charge in [-0.3, -0.25) is 9.69 Å². The Hall–Kier alpha value is -2.24. The van der Waals surface area contributed by atoms with Gasteiger partial charge in [0.2, 0.25) is 0 Å². The third kappa shape index (κ3) is 4.68. The highest BCUT2D eigenvalue weighted by Gasteiger charge is 2.26. The summed E-state index contributed by atoms with van der Waals surface area (Å²) in [5.41, 5.74) is 1.68. The van der Waals surface area contributed by atoms with E-state index in [-0.39, 0.29) is 11.2 Å². The summed E-state index contributed by atoms with van der Waals surface area (Å²) in [5.74, 6) is 1.47. The van der Waals surface area contributed by atoms with Gasteiger partial charge in [0.05, 0.1) is 30.5 Å². The molecule has 0 aliphatic carbocycles. The Morgan fingerprint density at radius 1 is 1.00 bits per heavy atom. The predicted octanol–water partition coefficient (Wildman–Crippen LogP) is 4.14. The maximum Gasteiger partial charge on any atom is 0.176 e. The van der Waals surface area contributed by atoms with Crippen LogP contribution in [0.5, 0.6) is 11.5 Å². The van der Waals surface area contributed by atoms with Crippen molar-refractivity contribution >= 4 is 23.1 Å². The Morgan fingerprint density at radius 3 is 2.41 bits per heavy atom. The fourth-order valence-electron chi connectivity index (χ4n) is 3.65. The lowest BCUT2D eigenvalue weighted by Gasteiger charge is -2.36. The average Bonchev–Trinajstić information content (AvgIpc) is 2.87. The second kappa shape index (κ2) is 8.25. The number of piperazine rings is 1. The van der Waals surface area contributed by atoms with E-state index in [1.807, 2.05) is 42.5 Å². The lowest BCUT2D eigenvalue weighted by atomic mass is 9.97. The minimum Gasteiger partial charge on any atom is -0.489 e. The Morgan fingerprint density at radius 2 is 1.69 bits per heavy atom. The number of hydrogen-bond donors (Lipinski definition) is 0. The van der Waals surface area contributed by atoms with Crippen LogP contribution < -0.4 is 14.4 Å². The Labute approximate surface area is 177 Å². The van der Waals surface area contributed by atoms with Gasteiger partial charge in [0.15, 0.2) is 17.3 Å². The van der Waals surface area contributed by atoms with E-state index in [1.165, 1.54) is 0 Å². The molecule has 5 nitrogen and oxygen atoms in total. The smallest absolute Gasteiger partial charge is 0.176 e. The zero-order valence-corrected chi connectivity index (χ0v) is 17.7. The van der Waals surface area contributed by atoms with E-state index in [1.54, 1.807) is 0 Å². The van der Waals surface area contributed by atoms with Gasteiger partial charge < -0.3 is 14.4 Å². The molecule has 2 aromatic rings. The molecule has 6 heteroatoms. The van der Waals surface area contributed by atoms with E-state index >= 15 is 0 Å². The highest BCUT2D eigenvalue weighted by Crippen LogP contribution is 2.34. The van der Waals surface area contributed by atoms with Gasteiger partial charge >= 0.3 is 0 Å². The summed E-state index contributed by atoms with van der Waals surface area (Å²) in [6, 6.07) is 13.4. The maximum absolute atomic E-state index is 12.8. The molecule has 29 heavy (non-hydrogen) atoms. The maximum atomic E-state index is 12.8. The zero-order valence-electron chi connectivity index (χ0n) is 17.0. The molecular formula is C23H27ClN2O3. The molecule has 4 rings (SSSR count). The van der Waals surface area contributed by atoms with Crippen molar-refractivity contribution in [3.8, 4) is 11.5 Å². The first-order chi connectivity index (χ1) is 13.9. The van der Waals surface area contributed by atoms with Crippen molar-refractivity contribution in [3.05, 3.63) is 53.1 Å². The van der Waals surface area contributed by atoms with Crippen LogP contribution in [0.4, 0.5) is 5.69 Å². The first-order valence-corrected chi connectivity index (χ1v) is 10.4. The number of Topliss-reactive ketones (excluding diaryl/α,β-unsaturated/α-hetero) is 1. The van der Waals surface area contributed by atoms with Crippen molar-refractivity contribution in [1.82, 2.24) is 4.90 Å². The van der Waals surface area contributed by atoms with E-state index < -0.39 is 0 Å². The lowest BCUT2D eigenvalue weighted by molar-refractivity contribution is 0.0926. The van der Waals surface area contributed by atoms with Crippen molar-refractivity contribution in [2.75, 3.05) is 50.8 Å². The van der Waals surface area contributed by atoms with Gasteiger partial charge in [0, 0.05) is 37.2 Å². The number of ketones is 1. The summed E-state index contributed by atoms with van der Waals surface area (Å²) in [5, 5.41) is 0.771. The third-order valence-electron chi connectivity index (χ3n) is 5.44. The molecule has 2 aliphatic heterocycles. The summed E-state index contributed by atoms with van der Waals surface area (Å²) < 4.78 is 11.8. The molecule has 2 aromatic carbocycles. The minimum atomic E-state index is -0.0511. The highest BCUT2D eigenvalue weighted by atomic mass is 35.5. The Bertz CT molecular complexity index is 891. The number of benzene rings is 2. The molecule has 0 radical (unpaired) electrons. The highest BCUT2D eigenvalue weighted by molar-refractivity contribution is 6.33. The molecule has 0 amide bonds. The molecule has 2 aliphatic rings. The third-order valence-corrected chi connectivity index (χ3v) is 5.75. The molecule has 0 saturated carbocycles. The number of ether oxygens (including phenoxy) is 2. The average molecular weight is 415 g/mol. The molecule has 154 valence electrons. The lowest BCUT2D eigenvalue weighted by Crippen LogP contribution is -2.48. The first kappa shape index (κ1) is 20.0. The van der Waals surface area contributed by atoms with E-state index in [2.05, 4.69) is 23.6 Å². The number of halogens is 1. The predicted molar refractivity (Wildman–Crippen MR) is 116 cm³/mol. The molecule has 0 bridgehead atoms. The van der Waals surface area contributed by atoms with Crippen LogP contribution in [0.3, 0.4) is 0 Å². The summed E-state index contributed by atoms with van der Waals surface area (Å²) in [4.78, 5) is 17.3. The Balaban J connectivity index is 1.36. The summed E-state index contributed by atoms with van der Waals surface area (Å²) in [6.45, 7) is 9.15. The molecule has 0 atom stereocenters. The van der Waals surface area contributed by atoms with Crippen molar-refractivity contribution in [2.24, 2.45) is 5.41 Å². The van der Waals surface area contributed by atoms with E-state index in [0.29, 0.717) is 36.8 Å². The number of carbonyl (C=O) groups excluding carboxylic acids is 1. The molecule has 0 N–H and O–H groups in total. The van der Waals surface area contributed by atoms with Gasteiger partial charge in [-0.25, -0.2) is 0 Å². The fraction of sp³-hybridized carbons (Fsp3) is 0.435. The van der Waals surface area contributed by atoms with Crippen LogP contribution in [-0.4, -0.2) is 56.6 Å². The van der Waals surface area contributed by atoms with Gasteiger partial charge in [-0.05, 0) is 30.3 Å². The number of para-hydroxylation sites is 1. The first-order valence-electron chi connectivity index (χ1n) is 10.1. The molecule has 0 unspecified atom stereocenters. The Kier molecular flexibility index (Phi) is 5.70. The molecular weight excluding hydrogens is 388 g/mol. The SMILES string of the molecule is CC1(C)COc2ccc(C(=O)CN3CCN(c4ccccc4Cl)CC3)cc2OC1. The van der Waals surface area contributed by atoms with Crippen LogP contribution in [0.1, 0.15) is 24.2 Å². The molecule has 1 fully saturated rings. The van der Waals surface area contributed by atoms with Crippen LogP contribution in [0, 0.1) is 5.41 Å². The van der Waals surface area contributed by atoms with Crippen molar-refractivity contribution in [1.29, 1.82) is 0 Å². The number of hydrogen-bond acceptors (Lipinski definition) is 5. The largest absolute Gasteiger partial charge is 0.489 e. The van der Waals surface area contributed by atoms with Crippen molar-refractivity contribution < 1.29 is 14.3 Å². The van der Waals surface area contributed by atoms with Crippen molar-refractivity contribution in [2.45, 2.75) is 13.8 Å². The van der Waals surface area contributed by atoms with E-state index in [0.717, 1.165) is 36.9 Å². The van der Waals surface area contributed by atoms with Crippen molar-refractivity contribution in [3.63, 3.8) is 0 Å². The van der Waals surface area contributed by atoms with Gasteiger partial charge in [-0.2, -0.15) is 0 Å². The van der Waals surface area contributed by atoms with Gasteiger partial charge in [-0.1, -0.05) is 37.6 Å².